The first-order valence-electron chi connectivity index (χ1n) is 29.0. The van der Waals surface area contributed by atoms with Gasteiger partial charge in [-0.05, 0) is 151 Å². The number of benzene rings is 6. The minimum atomic E-state index is -5.66. The minimum Gasteiger partial charge on any atom is -0.496 e. The fourth-order valence-electron chi connectivity index (χ4n) is 11.0. The van der Waals surface area contributed by atoms with E-state index in [1.165, 1.54) is 79.9 Å². The molecule has 6 aromatic rings. The third-order valence-electron chi connectivity index (χ3n) is 15.5. The number of hydrogen-bond donors (Lipinski definition) is 0. The van der Waals surface area contributed by atoms with Crippen LogP contribution in [-0.4, -0.2) is 45.5 Å². The van der Waals surface area contributed by atoms with E-state index in [0.717, 1.165) is 74.7 Å². The van der Waals surface area contributed by atoms with Crippen molar-refractivity contribution < 1.29 is 40.0 Å². The zero-order valence-corrected chi connectivity index (χ0v) is 50.6. The lowest BCUT2D eigenvalue weighted by atomic mass is 9.91. The van der Waals surface area contributed by atoms with Crippen molar-refractivity contribution in [2.45, 2.75) is 161 Å². The molecule has 434 valence electrons. The van der Waals surface area contributed by atoms with Crippen molar-refractivity contribution >= 4 is 55.5 Å². The summed E-state index contributed by atoms with van der Waals surface area (Å²) in [6.07, 6.45) is 15.4. The molecular weight excluding hydrogens is 1060 g/mol. The van der Waals surface area contributed by atoms with Gasteiger partial charge in [0.05, 0.1) is 31.5 Å². The predicted molar refractivity (Wildman–Crippen MR) is 335 cm³/mol. The summed E-state index contributed by atoms with van der Waals surface area (Å²) < 4.78 is 81.6. The molecule has 7 atom stereocenters. The molecule has 0 saturated carbocycles. The molecule has 0 amide bonds. The van der Waals surface area contributed by atoms with Gasteiger partial charge in [0.1, 0.15) is 11.5 Å². The van der Waals surface area contributed by atoms with Crippen molar-refractivity contribution in [1.29, 1.82) is 0 Å². The van der Waals surface area contributed by atoms with Crippen LogP contribution < -0.4 is 20.7 Å². The summed E-state index contributed by atoms with van der Waals surface area (Å²) in [7, 11) is -4.67. The van der Waals surface area contributed by atoms with E-state index in [2.05, 4.69) is 197 Å². The Hall–Kier alpha value is -5.73. The Morgan fingerprint density at radius 2 is 1.15 bits per heavy atom. The van der Waals surface area contributed by atoms with E-state index in [4.69, 9.17) is 14.2 Å². The number of rotatable bonds is 24. The molecule has 8 rings (SSSR count). The zero-order chi connectivity index (χ0) is 58.7. The highest BCUT2D eigenvalue weighted by Gasteiger charge is 2.49. The van der Waals surface area contributed by atoms with Gasteiger partial charge in [0, 0.05) is 17.0 Å². The Morgan fingerprint density at radius 3 is 1.63 bits per heavy atom. The summed E-state index contributed by atoms with van der Waals surface area (Å²) >= 11 is 0. The van der Waals surface area contributed by atoms with Crippen molar-refractivity contribution in [3.8, 4) is 16.9 Å². The summed E-state index contributed by atoms with van der Waals surface area (Å²) in [6.45, 7) is 27.7. The second kappa shape index (κ2) is 31.1. The molecule has 0 spiro atoms. The van der Waals surface area contributed by atoms with Gasteiger partial charge in [-0.15, -0.1) is 5.73 Å². The molecule has 2 aliphatic heterocycles. The number of halogens is 3. The maximum atomic E-state index is 12.4. The van der Waals surface area contributed by atoms with E-state index in [0.29, 0.717) is 24.5 Å². The zero-order valence-electron chi connectivity index (χ0n) is 48.9. The maximum absolute atomic E-state index is 12.4. The van der Waals surface area contributed by atoms with Crippen molar-refractivity contribution in [3.05, 3.63) is 188 Å². The molecule has 0 unspecified atom stereocenters. The Labute approximate surface area is 484 Å². The van der Waals surface area contributed by atoms with Crippen molar-refractivity contribution in [2.24, 2.45) is 17.8 Å². The number of ether oxygens (including phenoxy) is 3. The molecule has 0 radical (unpaired) electrons. The summed E-state index contributed by atoms with van der Waals surface area (Å²) in [4.78, 5) is 0. The molecule has 11 heteroatoms. The van der Waals surface area contributed by atoms with Crippen LogP contribution in [0.15, 0.2) is 188 Å². The molecule has 2 aliphatic rings. The lowest BCUT2D eigenvalue weighted by Gasteiger charge is -2.25. The van der Waals surface area contributed by atoms with Gasteiger partial charge in [-0.2, -0.15) is 21.6 Å². The number of alkyl halides is 3. The van der Waals surface area contributed by atoms with Gasteiger partial charge in [-0.25, -0.2) is 0 Å². The number of allylic oxidation sites excluding steroid dienone is 2. The fourth-order valence-corrected chi connectivity index (χ4v) is 14.0. The predicted octanol–water partition coefficient (Wildman–Crippen LogP) is 18.6. The smallest absolute Gasteiger partial charge is 0.496 e. The van der Waals surface area contributed by atoms with Crippen LogP contribution >= 0.6 is 7.92 Å². The molecule has 6 aromatic carbocycles. The normalized spacial score (nSPS) is 18.3. The molecule has 0 N–H and O–H groups in total. The summed E-state index contributed by atoms with van der Waals surface area (Å²) in [5, 5.41) is 8.92. The van der Waals surface area contributed by atoms with Crippen LogP contribution in [0.1, 0.15) is 131 Å². The van der Waals surface area contributed by atoms with Gasteiger partial charge in [0.25, 0.3) is 0 Å². The van der Waals surface area contributed by atoms with Crippen LogP contribution in [-0.2, 0) is 23.8 Å². The molecule has 81 heavy (non-hydrogen) atoms. The van der Waals surface area contributed by atoms with E-state index < -0.39 is 29.5 Å². The molecule has 6 nitrogen and oxygen atoms in total. The monoisotopic (exact) mass is 1140 g/mol. The van der Waals surface area contributed by atoms with E-state index in [9.17, 15) is 21.6 Å². The molecule has 2 heterocycles. The third-order valence-corrected chi connectivity index (χ3v) is 19.0. The third kappa shape index (κ3) is 18.1. The molecule has 2 saturated heterocycles. The Balaban J connectivity index is 0.000000206. The molecule has 0 bridgehead atoms. The second-order valence-electron chi connectivity index (χ2n) is 22.2. The van der Waals surface area contributed by atoms with Crippen molar-refractivity contribution in [1.82, 2.24) is 0 Å². The molecular formula is C70H86F3O6PS. The Bertz CT molecular complexity index is 3130. The molecule has 0 aromatic heterocycles. The highest BCUT2D eigenvalue weighted by Crippen LogP contribution is 2.46. The van der Waals surface area contributed by atoms with Gasteiger partial charge >= 0.3 is 15.6 Å². The van der Waals surface area contributed by atoms with Crippen molar-refractivity contribution in [3.63, 3.8) is 0 Å². The first kappa shape index (κ1) is 64.4. The van der Waals surface area contributed by atoms with Gasteiger partial charge < -0.3 is 18.4 Å². The lowest BCUT2D eigenvalue weighted by Crippen LogP contribution is -2.26. The second-order valence-corrected chi connectivity index (χ2v) is 25.9. The molecule has 2 fully saturated rings. The summed E-state index contributed by atoms with van der Waals surface area (Å²) in [5.74, 6) is 0.834. The average molecular weight is 1140 g/mol. The van der Waals surface area contributed by atoms with Crippen LogP contribution in [0.3, 0.4) is 0 Å². The number of hydrogen-bond acceptors (Lipinski definition) is 6. The lowest BCUT2D eigenvalue weighted by molar-refractivity contribution is -0.0526. The Morgan fingerprint density at radius 1 is 0.679 bits per heavy atom. The quantitative estimate of drug-likeness (QED) is 0.0150. The van der Waals surface area contributed by atoms with Gasteiger partial charge in [0.15, 0.2) is 0 Å². The van der Waals surface area contributed by atoms with E-state index in [1.54, 1.807) is 14.0 Å². The number of unbranched alkanes of at least 4 members (excludes halogenated alkanes) is 2. The number of methoxy groups -OCH3 is 1. The highest BCUT2D eigenvalue weighted by atomic mass is 32.2. The van der Waals surface area contributed by atoms with Crippen LogP contribution in [0.5, 0.6) is 5.75 Å². The van der Waals surface area contributed by atoms with Crippen molar-refractivity contribution in [2.75, 3.05) is 7.11 Å². The van der Waals surface area contributed by atoms with Gasteiger partial charge in [0.2, 0.25) is 0 Å². The Kier molecular flexibility index (Phi) is 24.7. The SMILES string of the molecule is C=C(OS(=O)(=O)C(F)(F)F)[C@H](C)C[C@@H](C)CC[C@@H]1O[C@@H](CCCC)CC1=C.C=C=C(C)C[C@@H](C)CC[C@@H]1O[C@@H](CCCC)CC1=C.COc1ccc2ccccc2c1-c1c(P(c2ccccc2)c2ccccc2)ccc2ccccc12. The van der Waals surface area contributed by atoms with Gasteiger partial charge in [-0.3, -0.25) is 0 Å². The highest BCUT2D eigenvalue weighted by molar-refractivity contribution is 7.87. The van der Waals surface area contributed by atoms with Crippen LogP contribution in [0, 0.1) is 17.8 Å². The first-order valence-corrected chi connectivity index (χ1v) is 31.7. The topological polar surface area (TPSA) is 71.1 Å². The van der Waals surface area contributed by atoms with Gasteiger partial charge in [-0.1, -0.05) is 214 Å². The number of fused-ring (bicyclic) bond motifs is 2. The van der Waals surface area contributed by atoms with E-state index >= 15 is 0 Å². The maximum Gasteiger partial charge on any atom is 0.534 e. The first-order chi connectivity index (χ1) is 38.8. The largest absolute Gasteiger partial charge is 0.534 e. The minimum absolute atomic E-state index is 0.0228. The van der Waals surface area contributed by atoms with Crippen LogP contribution in [0.2, 0.25) is 0 Å². The standard InChI is InChI=1S/C33H25OP.C19H31F3O4S.C18H30O/c1-34-30-22-20-24-12-8-10-18-28(24)32(30)33-29-19-11-9-13-25(29)21-23-31(33)35(26-14-4-2-5-15-26)27-16-6-3-7-17-27;1-6-7-8-17-12-15(4)18(25-17)10-9-13(2)11-14(3)16(5)26-27(23,24)19(20,21)22;1-6-8-9-17-13-16(5)18(19-17)11-10-15(4)12-14(3)7-2/h2-23H,1H3;13-14,17-18H,4-12H2,1-3H3;15,17-18H,2,5-6,8-13H2,1,3-4H3/t;13-,14+,17-,18-;15-,17-,18-/m.00/s1. The van der Waals surface area contributed by atoms with Crippen LogP contribution in [0.4, 0.5) is 13.2 Å². The average Bonchev–Trinajstić information content (AvgIpc) is 3.77. The van der Waals surface area contributed by atoms with E-state index in [-0.39, 0.29) is 23.9 Å². The van der Waals surface area contributed by atoms with E-state index in [1.807, 2.05) is 6.92 Å². The summed E-state index contributed by atoms with van der Waals surface area (Å²) in [5.41, 5.74) is 3.63. The fraction of sp³-hybridized carbons (Fsp3) is 0.414. The summed E-state index contributed by atoms with van der Waals surface area (Å²) in [6, 6.07) is 48.0. The van der Waals surface area contributed by atoms with Crippen LogP contribution in [0.25, 0.3) is 32.7 Å². The molecule has 0 aliphatic carbocycles.